The van der Waals surface area contributed by atoms with Gasteiger partial charge >= 0.3 is 11.1 Å². The molecule has 1 atom stereocenters. The Morgan fingerprint density at radius 1 is 1.07 bits per heavy atom. The lowest BCUT2D eigenvalue weighted by molar-refractivity contribution is 0.294. The molecule has 8 heteroatoms. The summed E-state index contributed by atoms with van der Waals surface area (Å²) < 4.78 is 2.97. The summed E-state index contributed by atoms with van der Waals surface area (Å²) in [7, 11) is 0. The van der Waals surface area contributed by atoms with Crippen LogP contribution < -0.4 is 11.1 Å². The lowest BCUT2D eigenvalue weighted by atomic mass is 9.85. The van der Waals surface area contributed by atoms with Gasteiger partial charge in [0.25, 0.3) is 0 Å². The van der Waals surface area contributed by atoms with Gasteiger partial charge in [0, 0.05) is 35.6 Å². The minimum absolute atomic E-state index is 0.159. The van der Waals surface area contributed by atoms with Crippen LogP contribution in [0.3, 0.4) is 0 Å². The molecule has 0 N–H and O–H groups in total. The van der Waals surface area contributed by atoms with Crippen LogP contribution >= 0.6 is 11.3 Å². The van der Waals surface area contributed by atoms with E-state index in [9.17, 15) is 9.59 Å². The van der Waals surface area contributed by atoms with E-state index in [1.165, 1.54) is 4.68 Å². The molecule has 0 bridgehead atoms. The zero-order valence-electron chi connectivity index (χ0n) is 16.4. The number of fused-ring (bicyclic) bond motifs is 2. The minimum atomic E-state index is -0.530. The summed E-state index contributed by atoms with van der Waals surface area (Å²) in [4.78, 5) is 33.3. The number of aromatic nitrogens is 4. The van der Waals surface area contributed by atoms with E-state index in [0.717, 1.165) is 54.6 Å². The molecule has 2 aliphatic rings. The Hall–Kier alpha value is -2.58. The van der Waals surface area contributed by atoms with E-state index in [2.05, 4.69) is 16.0 Å². The standard InChI is InChI=1S/C21H23N5O2S/c1-15-4-2-5-16(22-15)12-24-9-7-21(14-24)8-10-25-18(27)19(28)26(23-20(21)25)13-17-6-3-11-29-17/h2-6,11H,7-10,12-14H2,1H3/t21-/m0/s1. The first-order chi connectivity index (χ1) is 14.0. The molecule has 150 valence electrons. The normalized spacial score (nSPS) is 21.1. The Kier molecular flexibility index (Phi) is 4.48. The average Bonchev–Trinajstić information content (AvgIpc) is 3.42. The summed E-state index contributed by atoms with van der Waals surface area (Å²) in [5.41, 5.74) is 0.954. The molecule has 0 aromatic carbocycles. The molecule has 0 radical (unpaired) electrons. The van der Waals surface area contributed by atoms with Crippen LogP contribution in [0.1, 0.15) is 34.9 Å². The fourth-order valence-electron chi connectivity index (χ4n) is 4.63. The third kappa shape index (κ3) is 3.26. The first kappa shape index (κ1) is 18.4. The number of likely N-dealkylation sites (tertiary alicyclic amines) is 1. The Labute approximate surface area is 172 Å². The van der Waals surface area contributed by atoms with Crippen molar-refractivity contribution in [2.45, 2.75) is 44.8 Å². The maximum atomic E-state index is 12.7. The number of hydrogen-bond acceptors (Lipinski definition) is 6. The van der Waals surface area contributed by atoms with Gasteiger partial charge in [0.05, 0.1) is 12.2 Å². The summed E-state index contributed by atoms with van der Waals surface area (Å²) >= 11 is 1.57. The molecule has 5 heterocycles. The zero-order valence-corrected chi connectivity index (χ0v) is 17.2. The molecule has 0 unspecified atom stereocenters. The summed E-state index contributed by atoms with van der Waals surface area (Å²) in [6.07, 6.45) is 1.80. The van der Waals surface area contributed by atoms with Crippen LogP contribution in [0.15, 0.2) is 45.3 Å². The number of nitrogens with zero attached hydrogens (tertiary/aromatic N) is 5. The molecule has 1 fully saturated rings. The van der Waals surface area contributed by atoms with Gasteiger partial charge in [-0.05, 0) is 49.9 Å². The first-order valence-electron chi connectivity index (χ1n) is 9.94. The van der Waals surface area contributed by atoms with Gasteiger partial charge in [-0.2, -0.15) is 5.10 Å². The molecular weight excluding hydrogens is 386 g/mol. The highest BCUT2D eigenvalue weighted by Crippen LogP contribution is 2.40. The second-order valence-electron chi connectivity index (χ2n) is 8.08. The van der Waals surface area contributed by atoms with Crippen molar-refractivity contribution in [2.75, 3.05) is 13.1 Å². The zero-order chi connectivity index (χ0) is 20.0. The van der Waals surface area contributed by atoms with Crippen LogP contribution in [-0.4, -0.2) is 37.3 Å². The van der Waals surface area contributed by atoms with E-state index >= 15 is 0 Å². The number of rotatable bonds is 4. The van der Waals surface area contributed by atoms with E-state index in [-0.39, 0.29) is 5.41 Å². The molecule has 5 rings (SSSR count). The maximum Gasteiger partial charge on any atom is 0.332 e. The molecule has 3 aromatic rings. The molecule has 3 aromatic heterocycles. The third-order valence-corrected chi connectivity index (χ3v) is 6.93. The molecule has 1 spiro atoms. The van der Waals surface area contributed by atoms with E-state index in [0.29, 0.717) is 13.1 Å². The van der Waals surface area contributed by atoms with Crippen LogP contribution in [-0.2, 0) is 25.0 Å². The highest BCUT2D eigenvalue weighted by Gasteiger charge is 2.47. The summed E-state index contributed by atoms with van der Waals surface area (Å²) in [5.74, 6) is 0.776. The topological polar surface area (TPSA) is 73.0 Å². The quantitative estimate of drug-likeness (QED) is 0.614. The highest BCUT2D eigenvalue weighted by molar-refractivity contribution is 7.09. The van der Waals surface area contributed by atoms with Crippen molar-refractivity contribution >= 4 is 11.3 Å². The van der Waals surface area contributed by atoms with Gasteiger partial charge in [-0.3, -0.25) is 24.0 Å². The first-order valence-corrected chi connectivity index (χ1v) is 10.8. The highest BCUT2D eigenvalue weighted by atomic mass is 32.1. The van der Waals surface area contributed by atoms with Gasteiger partial charge in [-0.1, -0.05) is 12.1 Å². The molecule has 0 amide bonds. The molecule has 7 nitrogen and oxygen atoms in total. The van der Waals surface area contributed by atoms with E-state index in [4.69, 9.17) is 5.10 Å². The molecule has 2 aliphatic heterocycles. The maximum absolute atomic E-state index is 12.7. The minimum Gasteiger partial charge on any atom is -0.296 e. The van der Waals surface area contributed by atoms with Crippen molar-refractivity contribution in [3.63, 3.8) is 0 Å². The number of aryl methyl sites for hydroxylation is 1. The van der Waals surface area contributed by atoms with Crippen molar-refractivity contribution in [2.24, 2.45) is 0 Å². The van der Waals surface area contributed by atoms with Crippen molar-refractivity contribution in [3.8, 4) is 0 Å². The number of pyridine rings is 1. The van der Waals surface area contributed by atoms with Gasteiger partial charge in [0.15, 0.2) is 0 Å². The summed E-state index contributed by atoms with van der Waals surface area (Å²) in [6, 6.07) is 10.0. The van der Waals surface area contributed by atoms with Gasteiger partial charge < -0.3 is 0 Å². The fourth-order valence-corrected chi connectivity index (χ4v) is 5.31. The van der Waals surface area contributed by atoms with Crippen molar-refractivity contribution < 1.29 is 0 Å². The Morgan fingerprint density at radius 3 is 2.72 bits per heavy atom. The average molecular weight is 410 g/mol. The van der Waals surface area contributed by atoms with Crippen LogP contribution in [0.4, 0.5) is 0 Å². The molecule has 29 heavy (non-hydrogen) atoms. The largest absolute Gasteiger partial charge is 0.332 e. The monoisotopic (exact) mass is 409 g/mol. The van der Waals surface area contributed by atoms with Crippen molar-refractivity contribution in [3.05, 3.63) is 78.5 Å². The predicted octanol–water partition coefficient (Wildman–Crippen LogP) is 1.77. The van der Waals surface area contributed by atoms with E-state index in [1.54, 1.807) is 15.9 Å². The summed E-state index contributed by atoms with van der Waals surface area (Å²) in [6.45, 7) is 5.51. The van der Waals surface area contributed by atoms with Gasteiger partial charge in [-0.15, -0.1) is 11.3 Å². The fraction of sp³-hybridized carbons (Fsp3) is 0.429. The van der Waals surface area contributed by atoms with E-state index < -0.39 is 11.1 Å². The predicted molar refractivity (Wildman–Crippen MR) is 111 cm³/mol. The second kappa shape index (κ2) is 7.03. The Morgan fingerprint density at radius 2 is 1.93 bits per heavy atom. The van der Waals surface area contributed by atoms with Crippen LogP contribution in [0.5, 0.6) is 0 Å². The molecule has 1 saturated heterocycles. The van der Waals surface area contributed by atoms with Crippen LogP contribution in [0.2, 0.25) is 0 Å². The smallest absolute Gasteiger partial charge is 0.296 e. The Balaban J connectivity index is 1.45. The SMILES string of the molecule is Cc1cccc(CN2CC[C@]3(CCn4c3nn(Cc3cccs3)c(=O)c4=O)C2)n1. The van der Waals surface area contributed by atoms with Gasteiger partial charge in [-0.25, -0.2) is 4.68 Å². The lowest BCUT2D eigenvalue weighted by Gasteiger charge is -2.23. The van der Waals surface area contributed by atoms with Crippen molar-refractivity contribution in [1.29, 1.82) is 0 Å². The van der Waals surface area contributed by atoms with Gasteiger partial charge in [0.1, 0.15) is 5.82 Å². The van der Waals surface area contributed by atoms with E-state index in [1.807, 2.05) is 36.6 Å². The number of thiophene rings is 1. The van der Waals surface area contributed by atoms with Crippen LogP contribution in [0, 0.1) is 6.92 Å². The second-order valence-corrected chi connectivity index (χ2v) is 9.12. The van der Waals surface area contributed by atoms with Gasteiger partial charge in [0.2, 0.25) is 0 Å². The molecular formula is C21H23N5O2S. The van der Waals surface area contributed by atoms with Crippen molar-refractivity contribution in [1.82, 2.24) is 24.2 Å². The number of hydrogen-bond donors (Lipinski definition) is 0. The van der Waals surface area contributed by atoms with Crippen LogP contribution in [0.25, 0.3) is 0 Å². The molecule has 0 aliphatic carbocycles. The summed E-state index contributed by atoms with van der Waals surface area (Å²) in [5, 5.41) is 6.68. The molecule has 0 saturated carbocycles. The lowest BCUT2D eigenvalue weighted by Crippen LogP contribution is -2.45. The Bertz CT molecular complexity index is 1170. The third-order valence-electron chi connectivity index (χ3n) is 6.07.